The lowest BCUT2D eigenvalue weighted by Gasteiger charge is -2.12. The first-order valence-electron chi connectivity index (χ1n) is 7.28. The molecule has 104 valence electrons. The third-order valence-corrected chi connectivity index (χ3v) is 3.58. The summed E-state index contributed by atoms with van der Waals surface area (Å²) in [5.74, 6) is 1.92. The largest absolute Gasteiger partial charge is 0.356 e. The maximum absolute atomic E-state index is 4.25. The Morgan fingerprint density at radius 1 is 1.21 bits per heavy atom. The summed E-state index contributed by atoms with van der Waals surface area (Å²) in [5.41, 5.74) is 2.58. The predicted octanol–water partition coefficient (Wildman–Crippen LogP) is 2.85. The molecule has 2 N–H and O–H groups in total. The Kier molecular flexibility index (Phi) is 5.25. The Balaban J connectivity index is 1.65. The van der Waals surface area contributed by atoms with Crippen LogP contribution < -0.4 is 10.6 Å². The van der Waals surface area contributed by atoms with Crippen LogP contribution in [0.1, 0.15) is 36.8 Å². The first kappa shape index (κ1) is 13.9. The van der Waals surface area contributed by atoms with Crippen LogP contribution in [-0.2, 0) is 6.54 Å². The number of aliphatic imine (C=N–C) groups is 1. The Labute approximate surface area is 116 Å². The summed E-state index contributed by atoms with van der Waals surface area (Å²) >= 11 is 0. The Bertz CT molecular complexity index is 405. The lowest BCUT2D eigenvalue weighted by Crippen LogP contribution is -2.37. The number of guanidine groups is 1. The van der Waals surface area contributed by atoms with Crippen molar-refractivity contribution < 1.29 is 0 Å². The van der Waals surface area contributed by atoms with E-state index < -0.39 is 0 Å². The van der Waals surface area contributed by atoms with Gasteiger partial charge < -0.3 is 10.6 Å². The molecular weight excluding hydrogens is 234 g/mol. The van der Waals surface area contributed by atoms with Crippen LogP contribution in [0, 0.1) is 12.8 Å². The molecule has 2 rings (SSSR count). The van der Waals surface area contributed by atoms with Gasteiger partial charge in [0.15, 0.2) is 5.96 Å². The van der Waals surface area contributed by atoms with Crippen LogP contribution in [0.5, 0.6) is 0 Å². The number of hydrogen-bond acceptors (Lipinski definition) is 1. The summed E-state index contributed by atoms with van der Waals surface area (Å²) in [5, 5.41) is 6.72. The van der Waals surface area contributed by atoms with Crippen molar-refractivity contribution in [2.75, 3.05) is 13.6 Å². The van der Waals surface area contributed by atoms with E-state index in [0.717, 1.165) is 25.0 Å². The first-order chi connectivity index (χ1) is 9.28. The lowest BCUT2D eigenvalue weighted by atomic mass is 10.1. The van der Waals surface area contributed by atoms with E-state index in [4.69, 9.17) is 0 Å². The van der Waals surface area contributed by atoms with Gasteiger partial charge in [-0.1, -0.05) is 42.7 Å². The quantitative estimate of drug-likeness (QED) is 0.468. The average Bonchev–Trinajstić information content (AvgIpc) is 3.24. The van der Waals surface area contributed by atoms with Crippen molar-refractivity contribution in [3.8, 4) is 0 Å². The number of aryl methyl sites for hydroxylation is 1. The van der Waals surface area contributed by atoms with Crippen LogP contribution in [0.15, 0.2) is 29.3 Å². The van der Waals surface area contributed by atoms with Gasteiger partial charge in [-0.15, -0.1) is 0 Å². The molecule has 3 nitrogen and oxygen atoms in total. The number of benzene rings is 1. The van der Waals surface area contributed by atoms with Gasteiger partial charge in [-0.3, -0.25) is 4.99 Å². The fraction of sp³-hybridized carbons (Fsp3) is 0.562. The molecule has 0 radical (unpaired) electrons. The van der Waals surface area contributed by atoms with Crippen molar-refractivity contribution in [3.05, 3.63) is 35.4 Å². The number of nitrogens with zero attached hydrogens (tertiary/aromatic N) is 1. The van der Waals surface area contributed by atoms with Gasteiger partial charge in [-0.2, -0.15) is 0 Å². The molecule has 0 spiro atoms. The second-order valence-electron chi connectivity index (χ2n) is 5.42. The SMILES string of the molecule is CN=C(NCCCC1CC1)NCc1ccc(C)cc1. The maximum atomic E-state index is 4.25. The molecule has 1 aromatic carbocycles. The molecule has 1 fully saturated rings. The standard InChI is InChI=1S/C16H25N3/c1-13-5-7-15(8-6-13)12-19-16(17-2)18-11-3-4-14-9-10-14/h5-8,14H,3-4,9-12H2,1-2H3,(H2,17,18,19). The third-order valence-electron chi connectivity index (χ3n) is 3.58. The van der Waals surface area contributed by atoms with E-state index in [2.05, 4.69) is 46.8 Å². The molecule has 0 atom stereocenters. The van der Waals surface area contributed by atoms with E-state index in [0.29, 0.717) is 0 Å². The minimum Gasteiger partial charge on any atom is -0.356 e. The summed E-state index contributed by atoms with van der Waals surface area (Å²) in [7, 11) is 1.82. The van der Waals surface area contributed by atoms with Crippen molar-refractivity contribution in [2.24, 2.45) is 10.9 Å². The molecule has 0 unspecified atom stereocenters. The topological polar surface area (TPSA) is 36.4 Å². The van der Waals surface area contributed by atoms with Crippen LogP contribution in [0.3, 0.4) is 0 Å². The van der Waals surface area contributed by atoms with Gasteiger partial charge in [0.2, 0.25) is 0 Å². The fourth-order valence-electron chi connectivity index (χ4n) is 2.12. The molecule has 1 saturated carbocycles. The molecule has 1 aliphatic carbocycles. The molecule has 0 heterocycles. The number of hydrogen-bond donors (Lipinski definition) is 2. The Morgan fingerprint density at radius 3 is 2.58 bits per heavy atom. The molecule has 1 aliphatic rings. The highest BCUT2D eigenvalue weighted by Gasteiger charge is 2.19. The van der Waals surface area contributed by atoms with Crippen LogP contribution in [-0.4, -0.2) is 19.6 Å². The van der Waals surface area contributed by atoms with E-state index in [1.165, 1.54) is 36.8 Å². The summed E-state index contributed by atoms with van der Waals surface area (Å²) in [6.07, 6.45) is 5.50. The van der Waals surface area contributed by atoms with Gasteiger partial charge in [-0.25, -0.2) is 0 Å². The minimum atomic E-state index is 0.822. The minimum absolute atomic E-state index is 0.822. The summed E-state index contributed by atoms with van der Waals surface area (Å²) in [6.45, 7) is 3.95. The molecule has 3 heteroatoms. The zero-order chi connectivity index (χ0) is 13.5. The van der Waals surface area contributed by atoms with Crippen molar-refractivity contribution in [2.45, 2.75) is 39.2 Å². The third kappa shape index (κ3) is 5.33. The normalized spacial score (nSPS) is 15.4. The Hall–Kier alpha value is -1.51. The van der Waals surface area contributed by atoms with E-state index in [1.807, 2.05) is 7.05 Å². The molecule has 0 amide bonds. The first-order valence-corrected chi connectivity index (χ1v) is 7.28. The van der Waals surface area contributed by atoms with Gasteiger partial charge in [0, 0.05) is 20.1 Å². The van der Waals surface area contributed by atoms with Gasteiger partial charge >= 0.3 is 0 Å². The smallest absolute Gasteiger partial charge is 0.191 e. The number of rotatable bonds is 6. The molecular formula is C16H25N3. The van der Waals surface area contributed by atoms with E-state index in [-0.39, 0.29) is 0 Å². The Morgan fingerprint density at radius 2 is 1.95 bits per heavy atom. The summed E-state index contributed by atoms with van der Waals surface area (Å²) in [6, 6.07) is 8.59. The van der Waals surface area contributed by atoms with Crippen LogP contribution in [0.25, 0.3) is 0 Å². The maximum Gasteiger partial charge on any atom is 0.191 e. The molecule has 0 aromatic heterocycles. The van der Waals surface area contributed by atoms with Crippen molar-refractivity contribution in [1.29, 1.82) is 0 Å². The van der Waals surface area contributed by atoms with Gasteiger partial charge in [0.1, 0.15) is 0 Å². The van der Waals surface area contributed by atoms with Gasteiger partial charge in [0.05, 0.1) is 0 Å². The molecule has 0 saturated heterocycles. The van der Waals surface area contributed by atoms with E-state index >= 15 is 0 Å². The second-order valence-corrected chi connectivity index (χ2v) is 5.42. The molecule has 1 aromatic rings. The van der Waals surface area contributed by atoms with Gasteiger partial charge in [0.25, 0.3) is 0 Å². The molecule has 0 aliphatic heterocycles. The zero-order valence-corrected chi connectivity index (χ0v) is 12.1. The highest BCUT2D eigenvalue weighted by atomic mass is 15.2. The van der Waals surface area contributed by atoms with Crippen LogP contribution >= 0.6 is 0 Å². The summed E-state index contributed by atoms with van der Waals surface area (Å²) < 4.78 is 0. The van der Waals surface area contributed by atoms with Gasteiger partial charge in [-0.05, 0) is 31.2 Å². The highest BCUT2D eigenvalue weighted by molar-refractivity contribution is 5.79. The number of nitrogens with one attached hydrogen (secondary N) is 2. The van der Waals surface area contributed by atoms with Crippen molar-refractivity contribution in [1.82, 2.24) is 10.6 Å². The predicted molar refractivity (Wildman–Crippen MR) is 81.3 cm³/mol. The monoisotopic (exact) mass is 259 g/mol. The fourth-order valence-corrected chi connectivity index (χ4v) is 2.12. The highest BCUT2D eigenvalue weighted by Crippen LogP contribution is 2.33. The van der Waals surface area contributed by atoms with Crippen molar-refractivity contribution >= 4 is 5.96 Å². The molecule has 0 bridgehead atoms. The second kappa shape index (κ2) is 7.17. The summed E-state index contributed by atoms with van der Waals surface area (Å²) in [4.78, 5) is 4.25. The average molecular weight is 259 g/mol. The van der Waals surface area contributed by atoms with Crippen LogP contribution in [0.4, 0.5) is 0 Å². The lowest BCUT2D eigenvalue weighted by molar-refractivity contribution is 0.644. The zero-order valence-electron chi connectivity index (χ0n) is 12.1. The van der Waals surface area contributed by atoms with E-state index in [9.17, 15) is 0 Å². The van der Waals surface area contributed by atoms with Crippen LogP contribution in [0.2, 0.25) is 0 Å². The van der Waals surface area contributed by atoms with E-state index in [1.54, 1.807) is 0 Å². The van der Waals surface area contributed by atoms with Crippen molar-refractivity contribution in [3.63, 3.8) is 0 Å². The molecule has 19 heavy (non-hydrogen) atoms.